The lowest BCUT2D eigenvalue weighted by atomic mass is 9.76. The van der Waals surface area contributed by atoms with Crippen LogP contribution in [-0.2, 0) is 18.6 Å². The van der Waals surface area contributed by atoms with E-state index in [1.54, 1.807) is 26.8 Å². The zero-order valence-corrected chi connectivity index (χ0v) is 16.2. The van der Waals surface area contributed by atoms with Crippen LogP contribution in [0.25, 0.3) is 0 Å². The number of halogens is 1. The molecule has 1 aromatic carbocycles. The molecule has 0 heterocycles. The molecule has 0 spiro atoms. The monoisotopic (exact) mass is 384 g/mol. The van der Waals surface area contributed by atoms with Gasteiger partial charge in [-0.2, -0.15) is 0 Å². The van der Waals surface area contributed by atoms with Gasteiger partial charge in [0.05, 0.1) is 10.5 Å². The molecule has 5 nitrogen and oxygen atoms in total. The van der Waals surface area contributed by atoms with Gasteiger partial charge in [0.2, 0.25) is 0 Å². The van der Waals surface area contributed by atoms with Gasteiger partial charge in [0.15, 0.2) is 11.6 Å². The van der Waals surface area contributed by atoms with E-state index in [2.05, 4.69) is 0 Å². The van der Waals surface area contributed by atoms with Crippen molar-refractivity contribution in [3.05, 3.63) is 39.7 Å². The van der Waals surface area contributed by atoms with Crippen LogP contribution in [0, 0.1) is 20.8 Å². The molecular weight excluding hydrogens is 364 g/mol. The Balaban J connectivity index is 2.59. The number of carbonyl (C=O) groups excluding carboxylic acids is 2. The first kappa shape index (κ1) is 19.7. The molecule has 1 fully saturated rings. The lowest BCUT2D eigenvalue weighted by molar-refractivity contribution is -0.124. The number of ketones is 2. The maximum Gasteiger partial charge on any atom is 0.261 e. The Morgan fingerprint density at radius 2 is 1.68 bits per heavy atom. The SMILES string of the molecule is CCC(O)=C1C(=O)CC(c2c(C)cc(C)c(S(=O)(=O)Cl)c2C)CC1=O. The first-order chi connectivity index (χ1) is 11.5. The highest BCUT2D eigenvalue weighted by atomic mass is 35.7. The zero-order chi connectivity index (χ0) is 19.1. The van der Waals surface area contributed by atoms with Crippen LogP contribution in [0.2, 0.25) is 0 Å². The fourth-order valence-electron chi connectivity index (χ4n) is 3.77. The molecule has 136 valence electrons. The fraction of sp³-hybridized carbons (Fsp3) is 0.444. The molecule has 1 saturated carbocycles. The number of benzene rings is 1. The molecule has 0 atom stereocenters. The van der Waals surface area contributed by atoms with Crippen molar-refractivity contribution in [2.75, 3.05) is 0 Å². The second-order valence-corrected chi connectivity index (χ2v) is 8.95. The lowest BCUT2D eigenvalue weighted by Gasteiger charge is -2.27. The number of carbonyl (C=O) groups is 2. The van der Waals surface area contributed by atoms with E-state index in [1.165, 1.54) is 0 Å². The lowest BCUT2D eigenvalue weighted by Crippen LogP contribution is -2.27. The van der Waals surface area contributed by atoms with Gasteiger partial charge in [-0.3, -0.25) is 9.59 Å². The number of hydrogen-bond donors (Lipinski definition) is 1. The minimum Gasteiger partial charge on any atom is -0.511 e. The molecule has 25 heavy (non-hydrogen) atoms. The van der Waals surface area contributed by atoms with Crippen LogP contribution in [-0.4, -0.2) is 25.1 Å². The van der Waals surface area contributed by atoms with Crippen molar-refractivity contribution in [1.82, 2.24) is 0 Å². The van der Waals surface area contributed by atoms with Gasteiger partial charge in [-0.25, -0.2) is 8.42 Å². The van der Waals surface area contributed by atoms with Crippen LogP contribution < -0.4 is 0 Å². The molecule has 0 aromatic heterocycles. The van der Waals surface area contributed by atoms with Gasteiger partial charge in [-0.05, 0) is 48.9 Å². The van der Waals surface area contributed by atoms with Crippen LogP contribution in [0.15, 0.2) is 22.3 Å². The van der Waals surface area contributed by atoms with Gasteiger partial charge in [-0.15, -0.1) is 0 Å². The Kier molecular flexibility index (Phi) is 5.44. The molecule has 1 aliphatic carbocycles. The molecule has 1 N–H and O–H groups in total. The van der Waals surface area contributed by atoms with E-state index in [4.69, 9.17) is 10.7 Å². The smallest absolute Gasteiger partial charge is 0.261 e. The van der Waals surface area contributed by atoms with Crippen LogP contribution in [0.4, 0.5) is 0 Å². The summed E-state index contributed by atoms with van der Waals surface area (Å²) < 4.78 is 23.8. The summed E-state index contributed by atoms with van der Waals surface area (Å²) in [5.74, 6) is -1.42. The first-order valence-electron chi connectivity index (χ1n) is 8.02. The molecule has 0 amide bonds. The van der Waals surface area contributed by atoms with Gasteiger partial charge in [0.1, 0.15) is 5.76 Å². The van der Waals surface area contributed by atoms with Crippen LogP contribution in [0.1, 0.15) is 54.4 Å². The topological polar surface area (TPSA) is 88.5 Å². The minimum atomic E-state index is -3.94. The molecule has 1 aromatic rings. The number of allylic oxidation sites excluding steroid dienone is 2. The fourth-order valence-corrected chi connectivity index (χ4v) is 5.40. The number of aryl methyl sites for hydroxylation is 2. The normalized spacial score (nSPS) is 18.6. The highest BCUT2D eigenvalue weighted by Gasteiger charge is 2.35. The van der Waals surface area contributed by atoms with Crippen molar-refractivity contribution >= 4 is 31.3 Å². The Bertz CT molecular complexity index is 877. The number of aliphatic hydroxyl groups is 1. The van der Waals surface area contributed by atoms with E-state index < -0.39 is 26.5 Å². The summed E-state index contributed by atoms with van der Waals surface area (Å²) in [4.78, 5) is 24.8. The number of hydrogen-bond acceptors (Lipinski definition) is 5. The summed E-state index contributed by atoms with van der Waals surface area (Å²) in [7, 11) is 1.63. The van der Waals surface area contributed by atoms with Gasteiger partial charge in [-0.1, -0.05) is 13.0 Å². The molecule has 0 radical (unpaired) electrons. The predicted octanol–water partition coefficient (Wildman–Crippen LogP) is 3.78. The molecule has 1 aliphatic rings. The maximum atomic E-state index is 12.4. The average molecular weight is 385 g/mol. The Hall–Kier alpha value is -1.66. The highest BCUT2D eigenvalue weighted by molar-refractivity contribution is 8.13. The largest absolute Gasteiger partial charge is 0.511 e. The van der Waals surface area contributed by atoms with E-state index in [0.717, 1.165) is 5.56 Å². The van der Waals surface area contributed by atoms with Crippen molar-refractivity contribution in [1.29, 1.82) is 0 Å². The van der Waals surface area contributed by atoms with Crippen molar-refractivity contribution in [3.63, 3.8) is 0 Å². The summed E-state index contributed by atoms with van der Waals surface area (Å²) in [5, 5.41) is 9.82. The maximum absolute atomic E-state index is 12.4. The van der Waals surface area contributed by atoms with Crippen LogP contribution in [0.3, 0.4) is 0 Å². The second kappa shape index (κ2) is 6.92. The summed E-state index contributed by atoms with van der Waals surface area (Å²) in [5.41, 5.74) is 2.38. The first-order valence-corrected chi connectivity index (χ1v) is 10.3. The zero-order valence-electron chi connectivity index (χ0n) is 14.6. The van der Waals surface area contributed by atoms with Crippen LogP contribution in [0.5, 0.6) is 0 Å². The van der Waals surface area contributed by atoms with Gasteiger partial charge < -0.3 is 5.11 Å². The standard InChI is InChI=1S/C18H21ClO5S/c1-5-13(20)17-14(21)7-12(8-15(17)22)16-9(2)6-10(3)18(11(16)4)25(19,23)24/h6,12,20H,5,7-8H2,1-4H3. The van der Waals surface area contributed by atoms with Crippen molar-refractivity contribution < 1.29 is 23.1 Å². The molecule has 0 aliphatic heterocycles. The Labute approximate surface area is 152 Å². The third-order valence-electron chi connectivity index (χ3n) is 4.66. The van der Waals surface area contributed by atoms with Crippen LogP contribution >= 0.6 is 10.7 Å². The number of Topliss-reactive ketones (excluding diaryl/α,β-unsaturated/α-hetero) is 2. The van der Waals surface area contributed by atoms with Gasteiger partial charge in [0, 0.05) is 29.9 Å². The third kappa shape index (κ3) is 3.65. The quantitative estimate of drug-likeness (QED) is 0.371. The average Bonchev–Trinajstić information content (AvgIpc) is 2.43. The molecule has 7 heteroatoms. The van der Waals surface area contributed by atoms with Crippen molar-refractivity contribution in [3.8, 4) is 0 Å². The summed E-state index contributed by atoms with van der Waals surface area (Å²) in [6.45, 7) is 6.80. The third-order valence-corrected chi connectivity index (χ3v) is 6.24. The summed E-state index contributed by atoms with van der Waals surface area (Å²) >= 11 is 0. The molecule has 0 saturated heterocycles. The highest BCUT2D eigenvalue weighted by Crippen LogP contribution is 2.39. The number of rotatable bonds is 3. The van der Waals surface area contributed by atoms with Crippen molar-refractivity contribution in [2.24, 2.45) is 0 Å². The molecule has 0 bridgehead atoms. The van der Waals surface area contributed by atoms with Crippen molar-refractivity contribution in [2.45, 2.75) is 57.8 Å². The van der Waals surface area contributed by atoms with E-state index in [1.807, 2.05) is 6.92 Å². The number of aliphatic hydroxyl groups excluding tert-OH is 1. The van der Waals surface area contributed by atoms with E-state index in [-0.39, 0.29) is 35.5 Å². The summed E-state index contributed by atoms with van der Waals surface area (Å²) in [6.07, 6.45) is 0.323. The van der Waals surface area contributed by atoms with Gasteiger partial charge >= 0.3 is 0 Å². The Morgan fingerprint density at radius 1 is 1.16 bits per heavy atom. The molecular formula is C18H21ClO5S. The molecule has 0 unspecified atom stereocenters. The second-order valence-electron chi connectivity index (χ2n) is 6.44. The van der Waals surface area contributed by atoms with E-state index >= 15 is 0 Å². The predicted molar refractivity (Wildman–Crippen MR) is 95.6 cm³/mol. The summed E-state index contributed by atoms with van der Waals surface area (Å²) in [6, 6.07) is 1.71. The minimum absolute atomic E-state index is 0.0346. The van der Waals surface area contributed by atoms with Gasteiger partial charge in [0.25, 0.3) is 9.05 Å². The molecule has 2 rings (SSSR count). The Morgan fingerprint density at radius 3 is 2.12 bits per heavy atom. The van der Waals surface area contributed by atoms with E-state index in [9.17, 15) is 23.1 Å². The van der Waals surface area contributed by atoms with E-state index in [0.29, 0.717) is 16.7 Å².